The lowest BCUT2D eigenvalue weighted by molar-refractivity contribution is -0.252. The molecule has 0 spiro atoms. The summed E-state index contributed by atoms with van der Waals surface area (Å²) < 4.78 is 0. The maximum atomic E-state index is 13.1. The van der Waals surface area contributed by atoms with Gasteiger partial charge in [-0.3, -0.25) is 9.59 Å². The minimum Gasteiger partial charge on any atom is -0.530 e. The molecule has 1 aromatic heterocycles. The second kappa shape index (κ2) is 12.7. The summed E-state index contributed by atoms with van der Waals surface area (Å²) in [5, 5.41) is 23.5. The molecule has 0 bridgehead atoms. The van der Waals surface area contributed by atoms with E-state index in [1.165, 1.54) is 0 Å². The lowest BCUT2D eigenvalue weighted by Gasteiger charge is -2.31. The minimum absolute atomic E-state index is 0.0760. The van der Waals surface area contributed by atoms with Crippen LogP contribution in [0.3, 0.4) is 0 Å². The topological polar surface area (TPSA) is 138 Å². The number of aromatic amines is 1. The number of rotatable bonds is 13. The molecular weight excluding hydrogens is 458 g/mol. The molecule has 0 aliphatic carbocycles. The van der Waals surface area contributed by atoms with Crippen molar-refractivity contribution in [1.29, 1.82) is 0 Å². The van der Waals surface area contributed by atoms with Crippen molar-refractivity contribution >= 4 is 28.8 Å². The smallest absolute Gasteiger partial charge is 0.245 e. The number of hydrogen-bond donors (Lipinski definition) is 5. The zero-order valence-electron chi connectivity index (χ0n) is 20.8. The van der Waals surface area contributed by atoms with E-state index in [1.54, 1.807) is 13.1 Å². The van der Waals surface area contributed by atoms with Gasteiger partial charge < -0.3 is 36.2 Å². The average molecular weight is 493 g/mol. The Morgan fingerprint density at radius 2 is 1.67 bits per heavy atom. The van der Waals surface area contributed by atoms with E-state index in [9.17, 15) is 19.5 Å². The van der Waals surface area contributed by atoms with Gasteiger partial charge in [-0.15, -0.1) is 0 Å². The second-order valence-corrected chi connectivity index (χ2v) is 9.01. The van der Waals surface area contributed by atoms with Crippen molar-refractivity contribution in [2.75, 3.05) is 19.6 Å². The van der Waals surface area contributed by atoms with Gasteiger partial charge in [0.15, 0.2) is 0 Å². The third kappa shape index (κ3) is 7.32. The van der Waals surface area contributed by atoms with Crippen LogP contribution >= 0.6 is 0 Å². The molecule has 9 heteroatoms. The molecule has 3 aromatic rings. The molecule has 1 heterocycles. The summed E-state index contributed by atoms with van der Waals surface area (Å²) in [6.07, 6.45) is 1.92. The van der Waals surface area contributed by atoms with Gasteiger partial charge in [-0.05, 0) is 49.1 Å². The van der Waals surface area contributed by atoms with Crippen LogP contribution in [0.5, 0.6) is 0 Å². The molecule has 0 aliphatic heterocycles. The third-order valence-corrected chi connectivity index (χ3v) is 6.08. The van der Waals surface area contributed by atoms with Gasteiger partial charge in [0.1, 0.15) is 11.6 Å². The number of carbonyl (C=O) groups excluding carboxylic acids is 3. The largest absolute Gasteiger partial charge is 0.530 e. The summed E-state index contributed by atoms with van der Waals surface area (Å²) >= 11 is 0. The predicted octanol–water partition coefficient (Wildman–Crippen LogP) is 1.38. The quantitative estimate of drug-likeness (QED) is 0.230. The highest BCUT2D eigenvalue weighted by Crippen LogP contribution is 2.23. The molecular formula is C27H34N5O4-. The standard InChI is InChI=1S/C27H35N5O4/c1-3-13-28-18-24(33)31-16-20-9-5-4-8-19(20)12-14-29-25(34)27(2,32-26(35)36)15-21-17-30-23-11-7-6-10-22(21)23/h4-11,17,28,30,32H,3,12-16,18H2,1-2H3,(H,29,34)(H,31,33)(H,35,36)/p-1. The first-order chi connectivity index (χ1) is 17.3. The molecule has 0 saturated carbocycles. The van der Waals surface area contributed by atoms with Crippen LogP contribution in [0.15, 0.2) is 54.7 Å². The normalized spacial score (nSPS) is 12.6. The van der Waals surface area contributed by atoms with E-state index >= 15 is 0 Å². The Morgan fingerprint density at radius 1 is 0.944 bits per heavy atom. The van der Waals surface area contributed by atoms with Crippen molar-refractivity contribution < 1.29 is 19.5 Å². The number of H-pyrrole nitrogens is 1. The molecule has 1 unspecified atom stereocenters. The fourth-order valence-electron chi connectivity index (χ4n) is 4.18. The number of hydrogen-bond acceptors (Lipinski definition) is 5. The molecule has 0 aliphatic rings. The van der Waals surface area contributed by atoms with E-state index in [2.05, 4.69) is 26.3 Å². The van der Waals surface area contributed by atoms with Crippen LogP contribution in [0.25, 0.3) is 10.9 Å². The van der Waals surface area contributed by atoms with Crippen molar-refractivity contribution in [3.05, 3.63) is 71.4 Å². The van der Waals surface area contributed by atoms with Crippen molar-refractivity contribution in [1.82, 2.24) is 26.3 Å². The number of carboxylic acid groups (broad SMARTS) is 1. The van der Waals surface area contributed by atoms with Crippen LogP contribution in [0.4, 0.5) is 4.79 Å². The van der Waals surface area contributed by atoms with Crippen LogP contribution in [0.2, 0.25) is 0 Å². The fourth-order valence-corrected chi connectivity index (χ4v) is 4.18. The summed E-state index contributed by atoms with van der Waals surface area (Å²) in [4.78, 5) is 39.7. The molecule has 1 atom stereocenters. The van der Waals surface area contributed by atoms with Gasteiger partial charge in [0.2, 0.25) is 11.8 Å². The van der Waals surface area contributed by atoms with E-state index in [-0.39, 0.29) is 18.9 Å². The summed E-state index contributed by atoms with van der Waals surface area (Å²) in [7, 11) is 0. The molecule has 2 aromatic carbocycles. The highest BCUT2D eigenvalue weighted by molar-refractivity contribution is 5.91. The first-order valence-corrected chi connectivity index (χ1v) is 12.2. The number of para-hydroxylation sites is 1. The highest BCUT2D eigenvalue weighted by Gasteiger charge is 2.34. The van der Waals surface area contributed by atoms with Gasteiger partial charge in [0.25, 0.3) is 0 Å². The Labute approximate surface area is 211 Å². The van der Waals surface area contributed by atoms with Crippen molar-refractivity contribution in [3.8, 4) is 0 Å². The van der Waals surface area contributed by atoms with Crippen LogP contribution in [-0.2, 0) is 29.0 Å². The number of aromatic nitrogens is 1. The van der Waals surface area contributed by atoms with E-state index in [1.807, 2.05) is 55.5 Å². The van der Waals surface area contributed by atoms with Crippen LogP contribution in [0.1, 0.15) is 37.0 Å². The first kappa shape index (κ1) is 26.7. The van der Waals surface area contributed by atoms with Crippen molar-refractivity contribution in [2.45, 2.75) is 45.2 Å². The predicted molar refractivity (Wildman–Crippen MR) is 137 cm³/mol. The van der Waals surface area contributed by atoms with Crippen molar-refractivity contribution in [2.24, 2.45) is 0 Å². The third-order valence-electron chi connectivity index (χ3n) is 6.08. The summed E-state index contributed by atoms with van der Waals surface area (Å²) in [6.45, 7) is 5.35. The molecule has 0 saturated heterocycles. The molecule has 3 rings (SSSR count). The van der Waals surface area contributed by atoms with E-state index < -0.39 is 17.5 Å². The lowest BCUT2D eigenvalue weighted by atomic mass is 9.91. The Hall–Kier alpha value is -3.85. The number of nitrogens with one attached hydrogen (secondary N) is 5. The minimum atomic E-state index is -1.51. The molecule has 3 amide bonds. The zero-order valence-corrected chi connectivity index (χ0v) is 20.8. The van der Waals surface area contributed by atoms with Gasteiger partial charge in [0.05, 0.1) is 6.54 Å². The number of carbonyl (C=O) groups is 3. The maximum Gasteiger partial charge on any atom is 0.245 e. The van der Waals surface area contributed by atoms with Gasteiger partial charge in [-0.2, -0.15) is 0 Å². The first-order valence-electron chi connectivity index (χ1n) is 12.2. The number of amides is 3. The Kier molecular flexibility index (Phi) is 9.46. The Bertz CT molecular complexity index is 1190. The highest BCUT2D eigenvalue weighted by atomic mass is 16.4. The van der Waals surface area contributed by atoms with Gasteiger partial charge >= 0.3 is 0 Å². The molecule has 36 heavy (non-hydrogen) atoms. The van der Waals surface area contributed by atoms with E-state index in [0.717, 1.165) is 40.6 Å². The molecule has 5 N–H and O–H groups in total. The molecule has 9 nitrogen and oxygen atoms in total. The number of fused-ring (bicyclic) bond motifs is 1. The van der Waals surface area contributed by atoms with E-state index in [4.69, 9.17) is 0 Å². The zero-order chi connectivity index (χ0) is 26.0. The monoisotopic (exact) mass is 492 g/mol. The van der Waals surface area contributed by atoms with Crippen molar-refractivity contribution in [3.63, 3.8) is 0 Å². The average Bonchev–Trinajstić information content (AvgIpc) is 3.25. The summed E-state index contributed by atoms with van der Waals surface area (Å²) in [6, 6.07) is 15.3. The maximum absolute atomic E-state index is 13.1. The Morgan fingerprint density at radius 3 is 2.42 bits per heavy atom. The van der Waals surface area contributed by atoms with Gasteiger partial charge in [0, 0.05) is 36.6 Å². The van der Waals surface area contributed by atoms with E-state index in [0.29, 0.717) is 19.5 Å². The van der Waals surface area contributed by atoms with Crippen LogP contribution in [0, 0.1) is 0 Å². The lowest BCUT2D eigenvalue weighted by Crippen LogP contribution is -2.61. The second-order valence-electron chi connectivity index (χ2n) is 9.01. The Balaban J connectivity index is 1.61. The fraction of sp³-hybridized carbons (Fsp3) is 0.370. The molecule has 0 radical (unpaired) electrons. The summed E-state index contributed by atoms with van der Waals surface area (Å²) in [5.41, 5.74) is 2.28. The summed E-state index contributed by atoms with van der Waals surface area (Å²) in [5.74, 6) is -0.516. The van der Waals surface area contributed by atoms with Gasteiger partial charge in [-0.25, -0.2) is 0 Å². The van der Waals surface area contributed by atoms with Gasteiger partial charge in [-0.1, -0.05) is 49.4 Å². The SMILES string of the molecule is CCCNCC(=O)NCc1ccccc1CCNC(=O)C(C)(Cc1c[nH]c2ccccc12)NC(=O)[O-]. The molecule has 0 fully saturated rings. The van der Waals surface area contributed by atoms with Crippen LogP contribution in [-0.4, -0.2) is 48.1 Å². The number of benzene rings is 2. The molecule has 192 valence electrons. The van der Waals surface area contributed by atoms with Crippen LogP contribution < -0.4 is 26.4 Å².